The zero-order valence-corrected chi connectivity index (χ0v) is 25.4. The molecule has 1 rings (SSSR count). The molecule has 0 aliphatic heterocycles. The summed E-state index contributed by atoms with van der Waals surface area (Å²) in [5.74, 6) is -2.82. The second kappa shape index (κ2) is 15.0. The largest absolute Gasteiger partial charge is 0.490 e. The maximum absolute atomic E-state index is 13.3. The van der Waals surface area contributed by atoms with E-state index < -0.39 is 55.7 Å². The fraction of sp³-hybridized carbons (Fsp3) is 0.550. The van der Waals surface area contributed by atoms with Crippen LogP contribution in [0.2, 0.25) is 0 Å². The first-order chi connectivity index (χ1) is 16.3. The molecule has 3 unspecified atom stereocenters. The third-order valence-corrected chi connectivity index (χ3v) is 7.98. The minimum absolute atomic E-state index is 0.0911. The molecule has 0 spiro atoms. The molecular formula is C20H28I3N3O9. The van der Waals surface area contributed by atoms with E-state index in [1.54, 1.807) is 0 Å². The van der Waals surface area contributed by atoms with Crippen LogP contribution < -0.4 is 10.5 Å². The number of aliphatic hydroxyl groups is 5. The Labute approximate surface area is 243 Å². The fourth-order valence-electron chi connectivity index (χ4n) is 2.85. The first-order valence-electron chi connectivity index (χ1n) is 10.1. The highest BCUT2D eigenvalue weighted by Gasteiger charge is 2.32. The molecule has 0 fully saturated rings. The van der Waals surface area contributed by atoms with Crippen LogP contribution in [0.4, 0.5) is 0 Å². The quantitative estimate of drug-likeness (QED) is 0.133. The summed E-state index contributed by atoms with van der Waals surface area (Å²) in [7, 11) is 2.85. The number of nitrogens with zero attached hydrogens (tertiary/aromatic N) is 2. The molecule has 0 aliphatic carbocycles. The first-order valence-corrected chi connectivity index (χ1v) is 13.4. The average Bonchev–Trinajstić information content (AvgIpc) is 2.80. The smallest absolute Gasteiger partial charge is 0.256 e. The van der Waals surface area contributed by atoms with Crippen molar-refractivity contribution in [1.82, 2.24) is 9.80 Å². The van der Waals surface area contributed by atoms with Gasteiger partial charge in [0.1, 0.15) is 12.4 Å². The summed E-state index contributed by atoms with van der Waals surface area (Å²) in [6.07, 6.45) is -2.35. The Morgan fingerprint density at radius 1 is 0.829 bits per heavy atom. The van der Waals surface area contributed by atoms with E-state index in [9.17, 15) is 29.7 Å². The number of carbonyl (C=O) groups excluding carboxylic acids is 3. The van der Waals surface area contributed by atoms with Crippen molar-refractivity contribution in [3.63, 3.8) is 0 Å². The number of benzene rings is 1. The Bertz CT molecular complexity index is 878. The number of hydrogen-bond donors (Lipinski definition) is 6. The topological polar surface area (TPSA) is 194 Å². The molecule has 0 saturated carbocycles. The number of hydrogen-bond acceptors (Lipinski definition) is 9. The number of carbonyl (C=O) groups is 3. The number of aliphatic hydroxyl groups excluding tert-OH is 5. The Kier molecular flexibility index (Phi) is 13.9. The second-order valence-electron chi connectivity index (χ2n) is 7.66. The van der Waals surface area contributed by atoms with Crippen molar-refractivity contribution in [3.8, 4) is 5.75 Å². The first kappa shape index (κ1) is 32.4. The molecule has 0 saturated heterocycles. The molecule has 3 amide bonds. The fourth-order valence-corrected chi connectivity index (χ4v) is 7.25. The Hall–Kier alpha value is -0.580. The molecule has 0 radical (unpaired) electrons. The van der Waals surface area contributed by atoms with Crippen LogP contribution in [0.5, 0.6) is 5.75 Å². The van der Waals surface area contributed by atoms with E-state index in [4.69, 9.17) is 20.7 Å². The van der Waals surface area contributed by atoms with Gasteiger partial charge in [-0.25, -0.2) is 0 Å². The minimum Gasteiger partial charge on any atom is -0.490 e. The number of halogens is 3. The Balaban J connectivity index is 3.66. The molecule has 12 nitrogen and oxygen atoms in total. The van der Waals surface area contributed by atoms with Gasteiger partial charge in [-0.05, 0) is 67.8 Å². The van der Waals surface area contributed by atoms with Gasteiger partial charge in [-0.3, -0.25) is 14.4 Å². The van der Waals surface area contributed by atoms with E-state index >= 15 is 0 Å². The van der Waals surface area contributed by atoms with E-state index in [2.05, 4.69) is 0 Å². The van der Waals surface area contributed by atoms with E-state index in [0.717, 1.165) is 0 Å². The predicted molar refractivity (Wildman–Crippen MR) is 150 cm³/mol. The van der Waals surface area contributed by atoms with Crippen LogP contribution in [0, 0.1) is 16.6 Å². The standard InChI is InChI=1S/C20H28I3N3O9/c1-25(3-10(30)6-28)19(33)12-14(21)13(20(34)26(2)4-11(31)7-29)16(23)17(15(12)22)35-8-9(5-27)18(24)32/h9-11,27-31H,3-8H2,1-2H3,(H2,24,32). The summed E-state index contributed by atoms with van der Waals surface area (Å²) in [6.45, 7) is -2.33. The van der Waals surface area contributed by atoms with E-state index in [1.165, 1.54) is 23.9 Å². The van der Waals surface area contributed by atoms with Crippen LogP contribution >= 0.6 is 67.8 Å². The van der Waals surface area contributed by atoms with Gasteiger partial charge in [-0.2, -0.15) is 0 Å². The lowest BCUT2D eigenvalue weighted by atomic mass is 10.1. The van der Waals surface area contributed by atoms with Crippen LogP contribution in [0.15, 0.2) is 0 Å². The molecule has 1 aromatic carbocycles. The van der Waals surface area contributed by atoms with Crippen molar-refractivity contribution >= 4 is 85.5 Å². The van der Waals surface area contributed by atoms with Gasteiger partial charge in [0.25, 0.3) is 11.8 Å². The number of rotatable bonds is 13. The van der Waals surface area contributed by atoms with Crippen molar-refractivity contribution < 1.29 is 44.7 Å². The highest BCUT2D eigenvalue weighted by molar-refractivity contribution is 14.1. The lowest BCUT2D eigenvalue weighted by molar-refractivity contribution is -0.123. The van der Waals surface area contributed by atoms with Crippen molar-refractivity contribution in [3.05, 3.63) is 21.8 Å². The van der Waals surface area contributed by atoms with Gasteiger partial charge in [-0.1, -0.05) is 0 Å². The number of likely N-dealkylation sites (N-methyl/N-ethyl adjacent to an activating group) is 2. The van der Waals surface area contributed by atoms with Crippen molar-refractivity contribution in [1.29, 1.82) is 0 Å². The summed E-state index contributed by atoms with van der Waals surface area (Å²) in [6, 6.07) is 0. The summed E-state index contributed by atoms with van der Waals surface area (Å²) < 4.78 is 6.71. The summed E-state index contributed by atoms with van der Waals surface area (Å²) >= 11 is 5.60. The SMILES string of the molecule is CN(CC(O)CO)C(=O)c1c(I)c(OCC(CO)C(N)=O)c(I)c(C(=O)N(C)CC(O)CO)c1I. The van der Waals surface area contributed by atoms with Gasteiger partial charge in [0.05, 0.1) is 56.2 Å². The molecule has 0 bridgehead atoms. The molecule has 7 N–H and O–H groups in total. The third-order valence-electron chi connectivity index (χ3n) is 4.84. The van der Waals surface area contributed by atoms with Gasteiger partial charge in [-0.15, -0.1) is 0 Å². The number of ether oxygens (including phenoxy) is 1. The van der Waals surface area contributed by atoms with E-state index in [0.29, 0.717) is 7.14 Å². The van der Waals surface area contributed by atoms with Crippen molar-refractivity contribution in [2.24, 2.45) is 11.7 Å². The summed E-state index contributed by atoms with van der Waals surface area (Å²) in [5, 5.41) is 47.2. The Morgan fingerprint density at radius 3 is 1.54 bits per heavy atom. The maximum atomic E-state index is 13.3. The lowest BCUT2D eigenvalue weighted by Gasteiger charge is -2.26. The predicted octanol–water partition coefficient (Wildman–Crippen LogP) is -1.18. The molecule has 0 aliphatic rings. The number of nitrogens with two attached hydrogens (primary N) is 1. The van der Waals surface area contributed by atoms with Gasteiger partial charge >= 0.3 is 0 Å². The molecule has 3 atom stereocenters. The van der Waals surface area contributed by atoms with E-state index in [1.807, 2.05) is 67.8 Å². The van der Waals surface area contributed by atoms with Gasteiger partial charge in [0.2, 0.25) is 5.91 Å². The third kappa shape index (κ3) is 8.47. The monoisotopic (exact) mass is 835 g/mol. The van der Waals surface area contributed by atoms with Crippen LogP contribution in [-0.4, -0.2) is 119 Å². The van der Waals surface area contributed by atoms with Crippen LogP contribution in [0.3, 0.4) is 0 Å². The van der Waals surface area contributed by atoms with Gasteiger partial charge < -0.3 is 45.8 Å². The molecule has 15 heteroatoms. The highest BCUT2D eigenvalue weighted by atomic mass is 127. The van der Waals surface area contributed by atoms with Crippen molar-refractivity contribution in [2.75, 3.05) is 53.6 Å². The average molecular weight is 835 g/mol. The zero-order chi connectivity index (χ0) is 27.0. The van der Waals surface area contributed by atoms with Crippen LogP contribution in [0.25, 0.3) is 0 Å². The molecule has 1 aromatic rings. The van der Waals surface area contributed by atoms with Crippen LogP contribution in [-0.2, 0) is 4.79 Å². The molecule has 35 heavy (non-hydrogen) atoms. The normalized spacial score (nSPS) is 13.7. The Morgan fingerprint density at radius 2 is 1.23 bits per heavy atom. The number of primary amides is 1. The van der Waals surface area contributed by atoms with E-state index in [-0.39, 0.29) is 40.1 Å². The minimum atomic E-state index is -1.17. The molecule has 0 heterocycles. The van der Waals surface area contributed by atoms with Gasteiger partial charge in [0.15, 0.2) is 0 Å². The molecule has 0 aromatic heterocycles. The highest BCUT2D eigenvalue weighted by Crippen LogP contribution is 2.38. The van der Waals surface area contributed by atoms with Gasteiger partial charge in [0, 0.05) is 30.8 Å². The number of amides is 3. The van der Waals surface area contributed by atoms with Crippen molar-refractivity contribution in [2.45, 2.75) is 12.2 Å². The lowest BCUT2D eigenvalue weighted by Crippen LogP contribution is -2.39. The van der Waals surface area contributed by atoms with Crippen LogP contribution in [0.1, 0.15) is 20.7 Å². The molecule has 198 valence electrons. The molecular weight excluding hydrogens is 807 g/mol. The summed E-state index contributed by atoms with van der Waals surface area (Å²) in [5.41, 5.74) is 5.45. The maximum Gasteiger partial charge on any atom is 0.256 e. The zero-order valence-electron chi connectivity index (χ0n) is 18.9. The summed E-state index contributed by atoms with van der Waals surface area (Å²) in [4.78, 5) is 40.6. The second-order valence-corrected chi connectivity index (χ2v) is 10.9.